The lowest BCUT2D eigenvalue weighted by Gasteiger charge is -2.30. The zero-order chi connectivity index (χ0) is 9.90. The van der Waals surface area contributed by atoms with Crippen molar-refractivity contribution in [3.05, 3.63) is 6.92 Å². The summed E-state index contributed by atoms with van der Waals surface area (Å²) in [6.45, 7) is 9.57. The maximum Gasteiger partial charge on any atom is 0.219 e. The van der Waals surface area contributed by atoms with Crippen molar-refractivity contribution in [3.8, 4) is 0 Å². The molecule has 0 aromatic heterocycles. The van der Waals surface area contributed by atoms with Gasteiger partial charge in [-0.1, -0.05) is 12.8 Å². The summed E-state index contributed by atoms with van der Waals surface area (Å²) in [5, 5.41) is 0. The largest absolute Gasteiger partial charge is 0.343 e. The van der Waals surface area contributed by atoms with Gasteiger partial charge in [0.1, 0.15) is 0 Å². The van der Waals surface area contributed by atoms with Gasteiger partial charge in [-0.3, -0.25) is 4.79 Å². The molecule has 1 fully saturated rings. The fraction of sp³-hybridized carbons (Fsp3) is 0.818. The average molecular weight is 182 g/mol. The molecule has 1 saturated carbocycles. The van der Waals surface area contributed by atoms with Crippen LogP contribution in [0, 0.1) is 12.3 Å². The first kappa shape index (κ1) is 10.6. The first-order valence-electron chi connectivity index (χ1n) is 5.18. The Balaban J connectivity index is 2.49. The molecule has 2 heteroatoms. The topological polar surface area (TPSA) is 20.3 Å². The standard InChI is InChI=1S/C11H20NO/c1-4-12(10(2)13)9-11(3)7-5-6-8-11/h3-9H2,1-2H3. The number of nitrogens with zero attached hydrogens (tertiary/aromatic N) is 1. The molecule has 13 heavy (non-hydrogen) atoms. The van der Waals surface area contributed by atoms with E-state index in [0.717, 1.165) is 13.1 Å². The minimum Gasteiger partial charge on any atom is -0.343 e. The van der Waals surface area contributed by atoms with Crippen molar-refractivity contribution in [3.63, 3.8) is 0 Å². The lowest BCUT2D eigenvalue weighted by Crippen LogP contribution is -2.37. The Morgan fingerprint density at radius 2 is 2.00 bits per heavy atom. The van der Waals surface area contributed by atoms with E-state index in [4.69, 9.17) is 0 Å². The fourth-order valence-electron chi connectivity index (χ4n) is 2.13. The minimum absolute atomic E-state index is 0.154. The zero-order valence-electron chi connectivity index (χ0n) is 8.81. The highest BCUT2D eigenvalue weighted by Gasteiger charge is 2.31. The number of rotatable bonds is 3. The van der Waals surface area contributed by atoms with Crippen molar-refractivity contribution in [1.82, 2.24) is 4.90 Å². The van der Waals surface area contributed by atoms with Gasteiger partial charge in [0, 0.05) is 20.0 Å². The second-order valence-corrected chi connectivity index (χ2v) is 4.24. The SMILES string of the molecule is [CH2]C1(CN(CC)C(C)=O)CCCC1. The van der Waals surface area contributed by atoms with E-state index in [0.29, 0.717) is 0 Å². The molecule has 1 aliphatic rings. The third-order valence-corrected chi connectivity index (χ3v) is 3.02. The Bertz CT molecular complexity index is 183. The van der Waals surface area contributed by atoms with Crippen LogP contribution in [0.25, 0.3) is 0 Å². The zero-order valence-corrected chi connectivity index (χ0v) is 8.81. The molecule has 2 nitrogen and oxygen atoms in total. The molecule has 0 aromatic rings. The van der Waals surface area contributed by atoms with Crippen molar-refractivity contribution in [2.75, 3.05) is 13.1 Å². The quantitative estimate of drug-likeness (QED) is 0.655. The first-order valence-corrected chi connectivity index (χ1v) is 5.18. The van der Waals surface area contributed by atoms with E-state index in [1.165, 1.54) is 25.7 Å². The van der Waals surface area contributed by atoms with Crippen LogP contribution in [0.15, 0.2) is 0 Å². The van der Waals surface area contributed by atoms with Gasteiger partial charge < -0.3 is 4.90 Å². The fourth-order valence-corrected chi connectivity index (χ4v) is 2.13. The van der Waals surface area contributed by atoms with Gasteiger partial charge in [0.25, 0.3) is 0 Å². The number of amides is 1. The Labute approximate surface area is 81.3 Å². The van der Waals surface area contributed by atoms with Gasteiger partial charge >= 0.3 is 0 Å². The van der Waals surface area contributed by atoms with Crippen LogP contribution >= 0.6 is 0 Å². The molecule has 0 atom stereocenters. The maximum atomic E-state index is 11.2. The second-order valence-electron chi connectivity index (χ2n) is 4.24. The average Bonchev–Trinajstić information content (AvgIpc) is 2.48. The van der Waals surface area contributed by atoms with Crippen molar-refractivity contribution < 1.29 is 4.79 Å². The molecule has 0 bridgehead atoms. The Morgan fingerprint density at radius 3 is 2.38 bits per heavy atom. The number of carbonyl (C=O) groups is 1. The molecule has 1 rings (SSSR count). The highest BCUT2D eigenvalue weighted by molar-refractivity contribution is 5.73. The van der Waals surface area contributed by atoms with Crippen molar-refractivity contribution in [1.29, 1.82) is 0 Å². The van der Waals surface area contributed by atoms with E-state index >= 15 is 0 Å². The molecule has 1 aliphatic carbocycles. The lowest BCUT2D eigenvalue weighted by atomic mass is 9.88. The summed E-state index contributed by atoms with van der Waals surface area (Å²) in [5.74, 6) is 0.178. The van der Waals surface area contributed by atoms with Crippen LogP contribution < -0.4 is 0 Å². The predicted molar refractivity (Wildman–Crippen MR) is 54.2 cm³/mol. The minimum atomic E-state index is 0.154. The Hall–Kier alpha value is -0.530. The molecule has 0 spiro atoms. The summed E-state index contributed by atoms with van der Waals surface area (Å²) in [7, 11) is 0. The molecular formula is C11H20NO. The van der Waals surface area contributed by atoms with Crippen molar-refractivity contribution in [2.45, 2.75) is 39.5 Å². The monoisotopic (exact) mass is 182 g/mol. The molecule has 0 aliphatic heterocycles. The summed E-state index contributed by atoms with van der Waals surface area (Å²) in [6, 6.07) is 0. The number of carbonyl (C=O) groups excluding carboxylic acids is 1. The van der Waals surface area contributed by atoms with Gasteiger partial charge in [-0.2, -0.15) is 0 Å². The van der Waals surface area contributed by atoms with Gasteiger partial charge in [-0.25, -0.2) is 0 Å². The van der Waals surface area contributed by atoms with E-state index in [-0.39, 0.29) is 11.3 Å². The van der Waals surface area contributed by atoms with Gasteiger partial charge in [0.2, 0.25) is 5.91 Å². The molecule has 0 N–H and O–H groups in total. The molecular weight excluding hydrogens is 162 g/mol. The number of hydrogen-bond donors (Lipinski definition) is 0. The van der Waals surface area contributed by atoms with E-state index in [1.807, 2.05) is 11.8 Å². The summed E-state index contributed by atoms with van der Waals surface area (Å²) < 4.78 is 0. The van der Waals surface area contributed by atoms with Gasteiger partial charge in [-0.05, 0) is 32.1 Å². The maximum absolute atomic E-state index is 11.2. The van der Waals surface area contributed by atoms with Crippen molar-refractivity contribution >= 4 is 5.91 Å². The number of hydrogen-bond acceptors (Lipinski definition) is 1. The van der Waals surface area contributed by atoms with Crippen LogP contribution in [0.1, 0.15) is 39.5 Å². The van der Waals surface area contributed by atoms with Crippen LogP contribution in [-0.2, 0) is 4.79 Å². The van der Waals surface area contributed by atoms with E-state index in [9.17, 15) is 4.79 Å². The molecule has 0 unspecified atom stereocenters. The Morgan fingerprint density at radius 1 is 1.46 bits per heavy atom. The third kappa shape index (κ3) is 2.71. The van der Waals surface area contributed by atoms with Crippen molar-refractivity contribution in [2.24, 2.45) is 5.41 Å². The van der Waals surface area contributed by atoms with E-state index in [1.54, 1.807) is 6.92 Å². The molecule has 0 saturated heterocycles. The van der Waals surface area contributed by atoms with Crippen LogP contribution in [0.5, 0.6) is 0 Å². The third-order valence-electron chi connectivity index (χ3n) is 3.02. The molecule has 1 amide bonds. The molecule has 75 valence electrons. The van der Waals surface area contributed by atoms with Crippen LogP contribution in [0.3, 0.4) is 0 Å². The van der Waals surface area contributed by atoms with Gasteiger partial charge in [-0.15, -0.1) is 0 Å². The van der Waals surface area contributed by atoms with Gasteiger partial charge in [0.15, 0.2) is 0 Å². The second kappa shape index (κ2) is 4.12. The van der Waals surface area contributed by atoms with E-state index in [2.05, 4.69) is 6.92 Å². The predicted octanol–water partition coefficient (Wildman–Crippen LogP) is 2.25. The van der Waals surface area contributed by atoms with Gasteiger partial charge in [0.05, 0.1) is 0 Å². The lowest BCUT2D eigenvalue weighted by molar-refractivity contribution is -0.129. The van der Waals surface area contributed by atoms with Crippen LogP contribution in [-0.4, -0.2) is 23.9 Å². The van der Waals surface area contributed by atoms with Crippen LogP contribution in [0.4, 0.5) is 0 Å². The van der Waals surface area contributed by atoms with Crippen LogP contribution in [0.2, 0.25) is 0 Å². The normalized spacial score (nSPS) is 20.2. The molecule has 0 aromatic carbocycles. The summed E-state index contributed by atoms with van der Waals surface area (Å²) >= 11 is 0. The van der Waals surface area contributed by atoms with E-state index < -0.39 is 0 Å². The Kier molecular flexibility index (Phi) is 3.34. The summed E-state index contributed by atoms with van der Waals surface area (Å²) in [5.41, 5.74) is 0.154. The highest BCUT2D eigenvalue weighted by Crippen LogP contribution is 2.37. The highest BCUT2D eigenvalue weighted by atomic mass is 16.2. The molecule has 0 heterocycles. The summed E-state index contributed by atoms with van der Waals surface area (Å²) in [4.78, 5) is 13.1. The molecule has 1 radical (unpaired) electrons. The summed E-state index contributed by atoms with van der Waals surface area (Å²) in [6.07, 6.45) is 4.91. The smallest absolute Gasteiger partial charge is 0.219 e. The first-order chi connectivity index (χ1) is 6.07.